The molecule has 4 N–H and O–H groups in total. The molecule has 1 atom stereocenters. The maximum Gasteiger partial charge on any atom is 0.248 e. The van der Waals surface area contributed by atoms with Crippen LogP contribution >= 0.6 is 23.2 Å². The Morgan fingerprint density at radius 1 is 1.03 bits per heavy atom. The summed E-state index contributed by atoms with van der Waals surface area (Å²) >= 11 is 12.1. The van der Waals surface area contributed by atoms with Crippen LogP contribution in [0.25, 0.3) is 0 Å². The van der Waals surface area contributed by atoms with Gasteiger partial charge in [-0.25, -0.2) is 0 Å². The first-order valence-electron chi connectivity index (χ1n) is 8.91. The molecule has 0 saturated carbocycles. The summed E-state index contributed by atoms with van der Waals surface area (Å²) in [6.07, 6.45) is 0. The number of halogens is 2. The van der Waals surface area contributed by atoms with E-state index in [4.69, 9.17) is 28.9 Å². The van der Waals surface area contributed by atoms with Gasteiger partial charge in [-0.2, -0.15) is 0 Å². The molecule has 3 amide bonds. The highest BCUT2D eigenvalue weighted by atomic mass is 35.5. The fraction of sp³-hybridized carbons (Fsp3) is 0.250. The van der Waals surface area contributed by atoms with Gasteiger partial charge >= 0.3 is 0 Å². The van der Waals surface area contributed by atoms with Crippen molar-refractivity contribution in [3.63, 3.8) is 0 Å². The molecule has 154 valence electrons. The monoisotopic (exact) mass is 436 g/mol. The third kappa shape index (κ3) is 6.19. The Balaban J connectivity index is 1.99. The molecular formula is C20H22Cl2N4O3. The average Bonchev–Trinajstić information content (AvgIpc) is 2.69. The third-order valence-electron chi connectivity index (χ3n) is 4.34. The number of nitrogens with one attached hydrogen (secondary N) is 2. The summed E-state index contributed by atoms with van der Waals surface area (Å²) in [5, 5.41) is 6.11. The Morgan fingerprint density at radius 3 is 2.14 bits per heavy atom. The van der Waals surface area contributed by atoms with E-state index in [0.29, 0.717) is 33.5 Å². The highest BCUT2D eigenvalue weighted by Crippen LogP contribution is 2.29. The van der Waals surface area contributed by atoms with E-state index >= 15 is 0 Å². The smallest absolute Gasteiger partial charge is 0.248 e. The van der Waals surface area contributed by atoms with E-state index in [1.807, 2.05) is 6.92 Å². The molecular weight excluding hydrogens is 415 g/mol. The zero-order valence-electron chi connectivity index (χ0n) is 16.0. The highest BCUT2D eigenvalue weighted by Gasteiger charge is 2.23. The molecule has 0 heterocycles. The van der Waals surface area contributed by atoms with E-state index in [0.717, 1.165) is 0 Å². The van der Waals surface area contributed by atoms with Crippen molar-refractivity contribution in [1.82, 2.24) is 4.90 Å². The second kappa shape index (κ2) is 10.2. The minimum atomic E-state index is -0.580. The van der Waals surface area contributed by atoms with Crippen molar-refractivity contribution in [3.05, 3.63) is 58.1 Å². The summed E-state index contributed by atoms with van der Waals surface area (Å²) in [7, 11) is 0. The van der Waals surface area contributed by atoms with Gasteiger partial charge in [-0.1, -0.05) is 36.2 Å². The Labute approximate surface area is 179 Å². The average molecular weight is 437 g/mol. The Morgan fingerprint density at radius 2 is 1.62 bits per heavy atom. The number of carbonyl (C=O) groups is 3. The number of hydrogen-bond acceptors (Lipinski definition) is 4. The van der Waals surface area contributed by atoms with Crippen molar-refractivity contribution in [1.29, 1.82) is 0 Å². The molecule has 0 saturated heterocycles. The molecule has 9 heteroatoms. The topological polar surface area (TPSA) is 105 Å². The summed E-state index contributed by atoms with van der Waals surface area (Å²) in [4.78, 5) is 37.8. The van der Waals surface area contributed by atoms with Crippen molar-refractivity contribution >= 4 is 52.3 Å². The standard InChI is InChI=1S/C20H22Cl2N4O3/c1-3-26(11-17(27)25-18-15(21)5-4-6-16(18)22)12(2)20(29)24-14-9-7-13(8-10-14)19(23)28/h4-10,12H,3,11H2,1-2H3,(H2,23,28)(H,24,29)(H,25,27). The van der Waals surface area contributed by atoms with Gasteiger partial charge < -0.3 is 16.4 Å². The number of rotatable bonds is 8. The van der Waals surface area contributed by atoms with Crippen LogP contribution in [-0.4, -0.2) is 41.8 Å². The molecule has 0 spiro atoms. The fourth-order valence-electron chi connectivity index (χ4n) is 2.63. The number of benzene rings is 2. The van der Waals surface area contributed by atoms with E-state index in [1.54, 1.807) is 42.2 Å². The first-order valence-corrected chi connectivity index (χ1v) is 9.67. The second-order valence-electron chi connectivity index (χ2n) is 6.31. The summed E-state index contributed by atoms with van der Waals surface area (Å²) in [6.45, 7) is 4.00. The fourth-order valence-corrected chi connectivity index (χ4v) is 3.13. The predicted octanol–water partition coefficient (Wildman–Crippen LogP) is 3.38. The lowest BCUT2D eigenvalue weighted by Gasteiger charge is -2.26. The molecule has 0 aliphatic rings. The van der Waals surface area contributed by atoms with Gasteiger partial charge in [-0.15, -0.1) is 0 Å². The molecule has 29 heavy (non-hydrogen) atoms. The highest BCUT2D eigenvalue weighted by molar-refractivity contribution is 6.39. The number of carbonyl (C=O) groups excluding carboxylic acids is 3. The third-order valence-corrected chi connectivity index (χ3v) is 4.97. The van der Waals surface area contributed by atoms with Crippen LogP contribution in [0.2, 0.25) is 10.0 Å². The molecule has 2 aromatic carbocycles. The van der Waals surface area contributed by atoms with Crippen molar-refractivity contribution in [2.75, 3.05) is 23.7 Å². The molecule has 0 bridgehead atoms. The summed E-state index contributed by atoms with van der Waals surface area (Å²) in [5.41, 5.74) is 6.41. The number of hydrogen-bond donors (Lipinski definition) is 3. The lowest BCUT2D eigenvalue weighted by molar-refractivity contribution is -0.123. The van der Waals surface area contributed by atoms with Gasteiger partial charge in [-0.3, -0.25) is 19.3 Å². The minimum Gasteiger partial charge on any atom is -0.366 e. The number of anilines is 2. The zero-order valence-corrected chi connectivity index (χ0v) is 17.6. The second-order valence-corrected chi connectivity index (χ2v) is 7.13. The van der Waals surface area contributed by atoms with Crippen molar-refractivity contribution < 1.29 is 14.4 Å². The lowest BCUT2D eigenvalue weighted by atomic mass is 10.2. The van der Waals surface area contributed by atoms with Gasteiger partial charge in [0, 0.05) is 11.3 Å². The van der Waals surface area contributed by atoms with Crippen LogP contribution in [0.1, 0.15) is 24.2 Å². The molecule has 2 aromatic rings. The van der Waals surface area contributed by atoms with Gasteiger partial charge in [0.05, 0.1) is 28.3 Å². The van der Waals surface area contributed by atoms with E-state index in [2.05, 4.69) is 10.6 Å². The van der Waals surface area contributed by atoms with Crippen molar-refractivity contribution in [3.8, 4) is 0 Å². The van der Waals surface area contributed by atoms with Crippen LogP contribution in [0, 0.1) is 0 Å². The number of amides is 3. The van der Waals surface area contributed by atoms with Crippen LogP contribution in [0.15, 0.2) is 42.5 Å². The van der Waals surface area contributed by atoms with Gasteiger partial charge in [0.15, 0.2) is 0 Å². The molecule has 7 nitrogen and oxygen atoms in total. The first kappa shape index (κ1) is 22.7. The normalized spacial score (nSPS) is 11.8. The van der Waals surface area contributed by atoms with Gasteiger partial charge in [0.2, 0.25) is 17.7 Å². The number of para-hydroxylation sites is 1. The number of nitrogens with two attached hydrogens (primary N) is 1. The van der Waals surface area contributed by atoms with E-state index in [-0.39, 0.29) is 18.4 Å². The number of primary amides is 1. The molecule has 2 rings (SSSR count). The van der Waals surface area contributed by atoms with Crippen LogP contribution < -0.4 is 16.4 Å². The molecule has 0 fully saturated rings. The van der Waals surface area contributed by atoms with Gasteiger partial charge in [-0.05, 0) is 49.9 Å². The zero-order chi connectivity index (χ0) is 21.6. The quantitative estimate of drug-likeness (QED) is 0.589. The van der Waals surface area contributed by atoms with Gasteiger partial charge in [0.25, 0.3) is 0 Å². The minimum absolute atomic E-state index is 0.0206. The van der Waals surface area contributed by atoms with Crippen LogP contribution in [0.5, 0.6) is 0 Å². The lowest BCUT2D eigenvalue weighted by Crippen LogP contribution is -2.45. The van der Waals surface area contributed by atoms with Crippen molar-refractivity contribution in [2.45, 2.75) is 19.9 Å². The van der Waals surface area contributed by atoms with E-state index < -0.39 is 11.9 Å². The predicted molar refractivity (Wildman–Crippen MR) is 115 cm³/mol. The van der Waals surface area contributed by atoms with Crippen LogP contribution in [0.4, 0.5) is 11.4 Å². The molecule has 0 aliphatic carbocycles. The van der Waals surface area contributed by atoms with E-state index in [1.165, 1.54) is 12.1 Å². The summed E-state index contributed by atoms with van der Waals surface area (Å²) in [6, 6.07) is 10.6. The van der Waals surface area contributed by atoms with Crippen molar-refractivity contribution in [2.24, 2.45) is 5.73 Å². The Kier molecular flexibility index (Phi) is 8.01. The Hall–Kier alpha value is -2.61. The molecule has 1 unspecified atom stereocenters. The van der Waals surface area contributed by atoms with Gasteiger partial charge in [0.1, 0.15) is 0 Å². The summed E-state index contributed by atoms with van der Waals surface area (Å²) < 4.78 is 0. The molecule has 0 radical (unpaired) electrons. The molecule has 0 aliphatic heterocycles. The van der Waals surface area contributed by atoms with Crippen LogP contribution in [0.3, 0.4) is 0 Å². The van der Waals surface area contributed by atoms with Crippen LogP contribution in [-0.2, 0) is 9.59 Å². The maximum absolute atomic E-state index is 12.6. The Bertz CT molecular complexity index is 883. The summed E-state index contributed by atoms with van der Waals surface area (Å²) in [5.74, 6) is -1.17. The number of nitrogens with zero attached hydrogens (tertiary/aromatic N) is 1. The molecule has 0 aromatic heterocycles. The first-order chi connectivity index (χ1) is 13.7. The van der Waals surface area contributed by atoms with E-state index in [9.17, 15) is 14.4 Å². The largest absolute Gasteiger partial charge is 0.366 e. The SMILES string of the molecule is CCN(CC(=O)Nc1c(Cl)cccc1Cl)C(C)C(=O)Nc1ccc(C(N)=O)cc1. The number of likely N-dealkylation sites (N-methyl/N-ethyl adjacent to an activating group) is 1. The maximum atomic E-state index is 12.6.